The summed E-state index contributed by atoms with van der Waals surface area (Å²) in [7, 11) is 0. The highest BCUT2D eigenvalue weighted by Crippen LogP contribution is 2.29. The maximum absolute atomic E-state index is 11.7. The first-order chi connectivity index (χ1) is 10.2. The third-order valence-corrected chi connectivity index (χ3v) is 3.53. The lowest BCUT2D eigenvalue weighted by atomic mass is 9.99. The molecule has 3 heteroatoms. The third-order valence-electron chi connectivity index (χ3n) is 3.53. The molecule has 3 nitrogen and oxygen atoms in total. The van der Waals surface area contributed by atoms with Crippen LogP contribution in [0.25, 0.3) is 21.5 Å². The molecule has 0 radical (unpaired) electrons. The Labute approximate surface area is 123 Å². The second-order valence-corrected chi connectivity index (χ2v) is 5.10. The summed E-state index contributed by atoms with van der Waals surface area (Å²) in [5.41, 5.74) is 6.03. The predicted molar refractivity (Wildman–Crippen MR) is 85.8 cm³/mol. The Morgan fingerprint density at radius 2 is 1.76 bits per heavy atom. The smallest absolute Gasteiger partial charge is 0.249 e. The highest BCUT2D eigenvalue weighted by atomic mass is 16.5. The van der Waals surface area contributed by atoms with E-state index in [0.717, 1.165) is 28.0 Å². The fourth-order valence-electron chi connectivity index (χ4n) is 2.53. The molecule has 3 rings (SSSR count). The van der Waals surface area contributed by atoms with Crippen LogP contribution in [0.15, 0.2) is 48.5 Å². The molecular formula is C18H17NO2. The van der Waals surface area contributed by atoms with E-state index in [1.807, 2.05) is 37.3 Å². The Bertz CT molecular complexity index is 824. The number of benzene rings is 3. The van der Waals surface area contributed by atoms with Gasteiger partial charge in [-0.3, -0.25) is 4.79 Å². The molecular weight excluding hydrogens is 262 g/mol. The molecule has 0 unspecified atom stereocenters. The standard InChI is InChI=1S/C18H17NO2/c1-2-7-21-15-9-14-8-12-5-3-4-6-13(12)10-16(14)17(11-15)18(19)20/h3-6,8-11H,2,7H2,1H3,(H2,19,20). The van der Waals surface area contributed by atoms with Gasteiger partial charge in [-0.25, -0.2) is 0 Å². The van der Waals surface area contributed by atoms with Gasteiger partial charge >= 0.3 is 0 Å². The molecule has 106 valence electrons. The summed E-state index contributed by atoms with van der Waals surface area (Å²) in [6, 6.07) is 15.8. The molecule has 0 aliphatic rings. The number of primary amides is 1. The van der Waals surface area contributed by atoms with Crippen LogP contribution >= 0.6 is 0 Å². The first kappa shape index (κ1) is 13.4. The van der Waals surface area contributed by atoms with E-state index in [2.05, 4.69) is 12.1 Å². The van der Waals surface area contributed by atoms with E-state index in [4.69, 9.17) is 10.5 Å². The molecule has 0 aliphatic heterocycles. The lowest BCUT2D eigenvalue weighted by molar-refractivity contribution is 0.100. The molecule has 0 spiro atoms. The van der Waals surface area contributed by atoms with Gasteiger partial charge in [0.05, 0.1) is 12.2 Å². The molecule has 3 aromatic rings. The molecule has 21 heavy (non-hydrogen) atoms. The van der Waals surface area contributed by atoms with Gasteiger partial charge in [0.25, 0.3) is 0 Å². The molecule has 0 heterocycles. The average Bonchev–Trinajstić information content (AvgIpc) is 2.50. The van der Waals surface area contributed by atoms with Crippen molar-refractivity contribution in [1.82, 2.24) is 0 Å². The Balaban J connectivity index is 2.27. The molecule has 0 fully saturated rings. The van der Waals surface area contributed by atoms with Gasteiger partial charge in [0.2, 0.25) is 5.91 Å². The van der Waals surface area contributed by atoms with Gasteiger partial charge in [-0.05, 0) is 52.2 Å². The molecule has 3 aromatic carbocycles. The van der Waals surface area contributed by atoms with Crippen molar-refractivity contribution in [3.8, 4) is 5.75 Å². The minimum Gasteiger partial charge on any atom is -0.494 e. The van der Waals surface area contributed by atoms with E-state index < -0.39 is 5.91 Å². The van der Waals surface area contributed by atoms with E-state index in [-0.39, 0.29) is 0 Å². The zero-order chi connectivity index (χ0) is 14.8. The second-order valence-electron chi connectivity index (χ2n) is 5.10. The maximum atomic E-state index is 11.7. The van der Waals surface area contributed by atoms with Crippen molar-refractivity contribution in [2.24, 2.45) is 5.73 Å². The number of fused-ring (bicyclic) bond motifs is 2. The van der Waals surface area contributed by atoms with E-state index in [1.54, 1.807) is 6.07 Å². The van der Waals surface area contributed by atoms with Crippen molar-refractivity contribution in [3.63, 3.8) is 0 Å². The van der Waals surface area contributed by atoms with Crippen LogP contribution in [0.2, 0.25) is 0 Å². The van der Waals surface area contributed by atoms with Crippen molar-refractivity contribution in [2.45, 2.75) is 13.3 Å². The van der Waals surface area contributed by atoms with Crippen molar-refractivity contribution < 1.29 is 9.53 Å². The number of ether oxygens (including phenoxy) is 1. The van der Waals surface area contributed by atoms with Gasteiger partial charge in [-0.2, -0.15) is 0 Å². The molecule has 0 bridgehead atoms. The summed E-state index contributed by atoms with van der Waals surface area (Å²) in [6.07, 6.45) is 0.918. The molecule has 0 saturated heterocycles. The number of amides is 1. The zero-order valence-corrected chi connectivity index (χ0v) is 11.9. The highest BCUT2D eigenvalue weighted by molar-refractivity contribution is 6.10. The van der Waals surface area contributed by atoms with Gasteiger partial charge < -0.3 is 10.5 Å². The fourth-order valence-corrected chi connectivity index (χ4v) is 2.53. The minimum atomic E-state index is -0.433. The van der Waals surface area contributed by atoms with Gasteiger partial charge in [-0.15, -0.1) is 0 Å². The summed E-state index contributed by atoms with van der Waals surface area (Å²) < 4.78 is 5.66. The van der Waals surface area contributed by atoms with Crippen molar-refractivity contribution in [3.05, 3.63) is 54.1 Å². The molecule has 0 aliphatic carbocycles. The van der Waals surface area contributed by atoms with Crippen LogP contribution in [-0.2, 0) is 0 Å². The van der Waals surface area contributed by atoms with Gasteiger partial charge in [0.15, 0.2) is 0 Å². The first-order valence-corrected chi connectivity index (χ1v) is 7.08. The Morgan fingerprint density at radius 3 is 2.43 bits per heavy atom. The van der Waals surface area contributed by atoms with Crippen LogP contribution in [-0.4, -0.2) is 12.5 Å². The van der Waals surface area contributed by atoms with E-state index in [9.17, 15) is 4.79 Å². The molecule has 2 N–H and O–H groups in total. The van der Waals surface area contributed by atoms with Crippen molar-refractivity contribution >= 4 is 27.5 Å². The summed E-state index contributed by atoms with van der Waals surface area (Å²) in [5.74, 6) is 0.255. The number of hydrogen-bond donors (Lipinski definition) is 1. The Hall–Kier alpha value is -2.55. The quantitative estimate of drug-likeness (QED) is 0.737. The second kappa shape index (κ2) is 5.44. The highest BCUT2D eigenvalue weighted by Gasteiger charge is 2.11. The summed E-state index contributed by atoms with van der Waals surface area (Å²) in [4.78, 5) is 11.7. The van der Waals surface area contributed by atoms with Gasteiger partial charge in [0, 0.05) is 0 Å². The van der Waals surface area contributed by atoms with E-state index >= 15 is 0 Å². The number of carbonyl (C=O) groups is 1. The summed E-state index contributed by atoms with van der Waals surface area (Å²) in [5, 5.41) is 4.06. The topological polar surface area (TPSA) is 52.3 Å². The molecule has 1 amide bonds. The maximum Gasteiger partial charge on any atom is 0.249 e. The minimum absolute atomic E-state index is 0.433. The summed E-state index contributed by atoms with van der Waals surface area (Å²) in [6.45, 7) is 2.67. The number of nitrogens with two attached hydrogens (primary N) is 1. The van der Waals surface area contributed by atoms with Crippen LogP contribution in [0.3, 0.4) is 0 Å². The molecule has 0 aromatic heterocycles. The Kier molecular flexibility index (Phi) is 3.48. The lowest BCUT2D eigenvalue weighted by Crippen LogP contribution is -2.12. The van der Waals surface area contributed by atoms with Crippen LogP contribution < -0.4 is 10.5 Å². The van der Waals surface area contributed by atoms with Crippen LogP contribution in [0.1, 0.15) is 23.7 Å². The van der Waals surface area contributed by atoms with Gasteiger partial charge in [0.1, 0.15) is 5.75 Å². The molecule has 0 saturated carbocycles. The zero-order valence-electron chi connectivity index (χ0n) is 11.9. The van der Waals surface area contributed by atoms with Crippen LogP contribution in [0.5, 0.6) is 5.75 Å². The molecule has 0 atom stereocenters. The number of hydrogen-bond acceptors (Lipinski definition) is 2. The van der Waals surface area contributed by atoms with Crippen molar-refractivity contribution in [1.29, 1.82) is 0 Å². The monoisotopic (exact) mass is 279 g/mol. The van der Waals surface area contributed by atoms with Crippen LogP contribution in [0, 0.1) is 0 Å². The van der Waals surface area contributed by atoms with Crippen LogP contribution in [0.4, 0.5) is 0 Å². The number of rotatable bonds is 4. The normalized spacial score (nSPS) is 10.9. The largest absolute Gasteiger partial charge is 0.494 e. The van der Waals surface area contributed by atoms with Gasteiger partial charge in [-0.1, -0.05) is 31.2 Å². The lowest BCUT2D eigenvalue weighted by Gasteiger charge is -2.10. The number of carbonyl (C=O) groups excluding carboxylic acids is 1. The van der Waals surface area contributed by atoms with Crippen molar-refractivity contribution in [2.75, 3.05) is 6.61 Å². The first-order valence-electron chi connectivity index (χ1n) is 7.08. The summed E-state index contributed by atoms with van der Waals surface area (Å²) >= 11 is 0. The Morgan fingerprint density at radius 1 is 1.05 bits per heavy atom. The van der Waals surface area contributed by atoms with E-state index in [1.165, 1.54) is 0 Å². The fraction of sp³-hybridized carbons (Fsp3) is 0.167. The third kappa shape index (κ3) is 2.55. The van der Waals surface area contributed by atoms with E-state index in [0.29, 0.717) is 17.9 Å². The SMILES string of the molecule is CCCOc1cc(C(N)=O)c2cc3ccccc3cc2c1. The predicted octanol–water partition coefficient (Wildman–Crippen LogP) is 3.88. The average molecular weight is 279 g/mol.